The summed E-state index contributed by atoms with van der Waals surface area (Å²) in [5, 5.41) is 9.01. The Bertz CT molecular complexity index is 704. The van der Waals surface area contributed by atoms with Crippen LogP contribution in [0, 0.1) is 6.92 Å². The van der Waals surface area contributed by atoms with Crippen molar-refractivity contribution in [3.63, 3.8) is 0 Å². The van der Waals surface area contributed by atoms with E-state index in [1.165, 1.54) is 18.1 Å². The SMILES string of the molecule is COc1ccccc1C(=O)N(C)Cc1cc(C(=O)O)c(C)o1. The summed E-state index contributed by atoms with van der Waals surface area (Å²) >= 11 is 0. The molecular weight excluding hydrogens is 286 g/mol. The summed E-state index contributed by atoms with van der Waals surface area (Å²) in [4.78, 5) is 24.9. The number of aryl methyl sites for hydroxylation is 1. The van der Waals surface area contributed by atoms with E-state index in [-0.39, 0.29) is 18.0 Å². The minimum atomic E-state index is -1.05. The number of benzene rings is 1. The van der Waals surface area contributed by atoms with E-state index >= 15 is 0 Å². The number of furan rings is 1. The largest absolute Gasteiger partial charge is 0.496 e. The second-order valence-electron chi connectivity index (χ2n) is 4.85. The summed E-state index contributed by atoms with van der Waals surface area (Å²) in [6, 6.07) is 8.35. The van der Waals surface area contributed by atoms with Gasteiger partial charge in [-0.2, -0.15) is 0 Å². The highest BCUT2D eigenvalue weighted by Gasteiger charge is 2.19. The van der Waals surface area contributed by atoms with Crippen LogP contribution in [0.3, 0.4) is 0 Å². The third kappa shape index (κ3) is 3.11. The molecule has 0 spiro atoms. The maximum atomic E-state index is 12.4. The summed E-state index contributed by atoms with van der Waals surface area (Å²) in [6.45, 7) is 1.75. The molecule has 0 unspecified atom stereocenters. The number of carboxylic acid groups (broad SMARTS) is 1. The van der Waals surface area contributed by atoms with Crippen LogP contribution in [0.4, 0.5) is 0 Å². The molecule has 22 heavy (non-hydrogen) atoms. The summed E-state index contributed by atoms with van der Waals surface area (Å²) < 4.78 is 10.6. The Balaban J connectivity index is 2.18. The van der Waals surface area contributed by atoms with Gasteiger partial charge in [0, 0.05) is 7.05 Å². The molecule has 2 aromatic rings. The van der Waals surface area contributed by atoms with Crippen LogP contribution in [-0.4, -0.2) is 36.0 Å². The van der Waals surface area contributed by atoms with E-state index < -0.39 is 5.97 Å². The van der Waals surface area contributed by atoms with Crippen LogP contribution in [0.5, 0.6) is 5.75 Å². The van der Waals surface area contributed by atoms with Crippen LogP contribution >= 0.6 is 0 Å². The third-order valence-corrected chi connectivity index (χ3v) is 3.28. The first-order chi connectivity index (χ1) is 10.4. The molecule has 0 radical (unpaired) electrons. The van der Waals surface area contributed by atoms with Crippen molar-refractivity contribution in [2.75, 3.05) is 14.2 Å². The van der Waals surface area contributed by atoms with E-state index in [0.29, 0.717) is 22.8 Å². The number of ether oxygens (including phenoxy) is 1. The van der Waals surface area contributed by atoms with Crippen molar-refractivity contribution in [2.24, 2.45) is 0 Å². The van der Waals surface area contributed by atoms with Crippen molar-refractivity contribution >= 4 is 11.9 Å². The molecule has 0 saturated carbocycles. The first-order valence-electron chi connectivity index (χ1n) is 6.65. The predicted octanol–water partition coefficient (Wildman–Crippen LogP) is 2.57. The molecule has 1 amide bonds. The van der Waals surface area contributed by atoms with E-state index in [2.05, 4.69) is 0 Å². The summed E-state index contributed by atoms with van der Waals surface area (Å²) in [6.07, 6.45) is 0. The number of methoxy groups -OCH3 is 1. The number of hydrogen-bond donors (Lipinski definition) is 1. The highest BCUT2D eigenvalue weighted by molar-refractivity contribution is 5.96. The van der Waals surface area contributed by atoms with Crippen molar-refractivity contribution in [3.05, 3.63) is 53.0 Å². The number of rotatable bonds is 5. The first-order valence-corrected chi connectivity index (χ1v) is 6.65. The van der Waals surface area contributed by atoms with E-state index in [4.69, 9.17) is 14.3 Å². The van der Waals surface area contributed by atoms with Gasteiger partial charge in [0.25, 0.3) is 5.91 Å². The highest BCUT2D eigenvalue weighted by atomic mass is 16.5. The van der Waals surface area contributed by atoms with Gasteiger partial charge >= 0.3 is 5.97 Å². The van der Waals surface area contributed by atoms with Crippen molar-refractivity contribution < 1.29 is 23.8 Å². The molecule has 1 aromatic carbocycles. The molecule has 0 fully saturated rings. The van der Waals surface area contributed by atoms with Gasteiger partial charge in [0.05, 0.1) is 19.2 Å². The zero-order valence-electron chi connectivity index (χ0n) is 12.6. The van der Waals surface area contributed by atoms with Gasteiger partial charge < -0.3 is 19.2 Å². The van der Waals surface area contributed by atoms with Gasteiger partial charge in [0.15, 0.2) is 0 Å². The average molecular weight is 303 g/mol. The number of amides is 1. The topological polar surface area (TPSA) is 80.0 Å². The maximum absolute atomic E-state index is 12.4. The Hall–Kier alpha value is -2.76. The molecule has 6 nitrogen and oxygen atoms in total. The zero-order chi connectivity index (χ0) is 16.3. The molecule has 0 aliphatic carbocycles. The van der Waals surface area contributed by atoms with Crippen molar-refractivity contribution in [2.45, 2.75) is 13.5 Å². The van der Waals surface area contributed by atoms with Gasteiger partial charge in [-0.1, -0.05) is 12.1 Å². The molecule has 1 aromatic heterocycles. The quantitative estimate of drug-likeness (QED) is 0.918. The first kappa shape index (κ1) is 15.6. The Kier molecular flexibility index (Phi) is 4.50. The fourth-order valence-corrected chi connectivity index (χ4v) is 2.17. The van der Waals surface area contributed by atoms with Crippen LogP contribution in [0.25, 0.3) is 0 Å². The lowest BCUT2D eigenvalue weighted by Crippen LogP contribution is -2.26. The molecule has 0 aliphatic rings. The van der Waals surface area contributed by atoms with Crippen molar-refractivity contribution in [1.29, 1.82) is 0 Å². The van der Waals surface area contributed by atoms with Crippen LogP contribution in [0.1, 0.15) is 32.2 Å². The minimum Gasteiger partial charge on any atom is -0.496 e. The van der Waals surface area contributed by atoms with E-state index in [1.807, 2.05) is 0 Å². The lowest BCUT2D eigenvalue weighted by Gasteiger charge is -2.17. The van der Waals surface area contributed by atoms with E-state index in [9.17, 15) is 9.59 Å². The number of carbonyl (C=O) groups is 2. The van der Waals surface area contributed by atoms with Crippen molar-refractivity contribution in [1.82, 2.24) is 4.90 Å². The fourth-order valence-electron chi connectivity index (χ4n) is 2.17. The number of nitrogens with zero attached hydrogens (tertiary/aromatic N) is 1. The number of aromatic carboxylic acids is 1. The Labute approximate surface area is 127 Å². The summed E-state index contributed by atoms with van der Waals surface area (Å²) in [7, 11) is 3.12. The number of hydrogen-bond acceptors (Lipinski definition) is 4. The van der Waals surface area contributed by atoms with E-state index in [1.54, 1.807) is 38.2 Å². The average Bonchev–Trinajstić information content (AvgIpc) is 2.87. The van der Waals surface area contributed by atoms with Crippen LogP contribution < -0.4 is 4.74 Å². The molecule has 1 N–H and O–H groups in total. The second kappa shape index (κ2) is 6.34. The standard InChI is InChI=1S/C16H17NO5/c1-10-13(16(19)20)8-11(22-10)9-17(2)15(18)12-6-4-5-7-14(12)21-3/h4-8H,9H2,1-3H3,(H,19,20). The molecule has 0 atom stereocenters. The third-order valence-electron chi connectivity index (χ3n) is 3.28. The predicted molar refractivity (Wildman–Crippen MR) is 79.2 cm³/mol. The molecular formula is C16H17NO5. The summed E-state index contributed by atoms with van der Waals surface area (Å²) in [5.74, 6) is -0.0583. The van der Waals surface area contributed by atoms with Gasteiger partial charge in [-0.3, -0.25) is 4.79 Å². The molecule has 0 bridgehead atoms. The van der Waals surface area contributed by atoms with Crippen LogP contribution in [0.15, 0.2) is 34.7 Å². The smallest absolute Gasteiger partial charge is 0.339 e. The van der Waals surface area contributed by atoms with Gasteiger partial charge in [-0.05, 0) is 25.1 Å². The molecule has 0 aliphatic heterocycles. The normalized spacial score (nSPS) is 10.3. The van der Waals surface area contributed by atoms with Crippen LogP contribution in [-0.2, 0) is 6.54 Å². The van der Waals surface area contributed by atoms with Crippen molar-refractivity contribution in [3.8, 4) is 5.75 Å². The fraction of sp³-hybridized carbons (Fsp3) is 0.250. The molecule has 6 heteroatoms. The lowest BCUT2D eigenvalue weighted by molar-refractivity contribution is 0.0694. The Morgan fingerprint density at radius 3 is 2.55 bits per heavy atom. The monoisotopic (exact) mass is 303 g/mol. The van der Waals surface area contributed by atoms with Crippen LogP contribution in [0.2, 0.25) is 0 Å². The second-order valence-corrected chi connectivity index (χ2v) is 4.85. The molecule has 0 saturated heterocycles. The van der Waals surface area contributed by atoms with Gasteiger partial charge in [-0.25, -0.2) is 4.79 Å². The lowest BCUT2D eigenvalue weighted by atomic mass is 10.1. The number of para-hydroxylation sites is 1. The van der Waals surface area contributed by atoms with E-state index in [0.717, 1.165) is 0 Å². The molecule has 2 rings (SSSR count). The number of carboxylic acids is 1. The Morgan fingerprint density at radius 2 is 1.95 bits per heavy atom. The molecule has 116 valence electrons. The number of carbonyl (C=O) groups excluding carboxylic acids is 1. The van der Waals surface area contributed by atoms with Gasteiger partial charge in [0.1, 0.15) is 22.8 Å². The van der Waals surface area contributed by atoms with Gasteiger partial charge in [0.2, 0.25) is 0 Å². The highest BCUT2D eigenvalue weighted by Crippen LogP contribution is 2.21. The maximum Gasteiger partial charge on any atom is 0.339 e. The minimum absolute atomic E-state index is 0.105. The van der Waals surface area contributed by atoms with Gasteiger partial charge in [-0.15, -0.1) is 0 Å². The zero-order valence-corrected chi connectivity index (χ0v) is 12.6. The molecule has 1 heterocycles. The summed E-state index contributed by atoms with van der Waals surface area (Å²) in [5.41, 5.74) is 0.544. The Morgan fingerprint density at radius 1 is 1.27 bits per heavy atom.